The smallest absolute Gasteiger partial charge is 0.264 e. The van der Waals surface area contributed by atoms with Crippen molar-refractivity contribution in [1.82, 2.24) is 4.90 Å². The molecule has 0 unspecified atom stereocenters. The fraction of sp³-hybridized carbons (Fsp3) is 0.350. The fourth-order valence-electron chi connectivity index (χ4n) is 3.25. The minimum absolute atomic E-state index is 0.0868. The molecule has 0 aliphatic carbocycles. The zero-order chi connectivity index (χ0) is 21.9. The first-order valence-corrected chi connectivity index (χ1v) is 11.1. The summed E-state index contributed by atoms with van der Waals surface area (Å²) in [6, 6.07) is 7.66. The Bertz CT molecular complexity index is 1040. The van der Waals surface area contributed by atoms with Crippen LogP contribution >= 0.6 is 11.6 Å². The molecule has 10 heteroatoms. The van der Waals surface area contributed by atoms with E-state index in [1.165, 1.54) is 44.6 Å². The Balaban J connectivity index is 2.05. The number of carbonyl (C=O) groups excluding carboxylic acids is 1. The van der Waals surface area contributed by atoms with Crippen LogP contribution in [-0.2, 0) is 14.8 Å². The van der Waals surface area contributed by atoms with Crippen molar-refractivity contribution in [3.63, 3.8) is 0 Å². The van der Waals surface area contributed by atoms with Gasteiger partial charge in [0.1, 0.15) is 12.4 Å². The summed E-state index contributed by atoms with van der Waals surface area (Å²) in [6.07, 6.45) is 1.74. The number of likely N-dealkylation sites (tertiary alicyclic amines) is 1. The van der Waals surface area contributed by atoms with E-state index in [9.17, 15) is 17.6 Å². The van der Waals surface area contributed by atoms with E-state index in [-0.39, 0.29) is 27.3 Å². The van der Waals surface area contributed by atoms with Gasteiger partial charge in [0.25, 0.3) is 10.0 Å². The van der Waals surface area contributed by atoms with Gasteiger partial charge in [0, 0.05) is 19.2 Å². The Hall–Kier alpha value is -2.52. The van der Waals surface area contributed by atoms with Gasteiger partial charge in [0.2, 0.25) is 5.91 Å². The highest BCUT2D eigenvalue weighted by atomic mass is 35.5. The number of anilines is 1. The molecule has 1 saturated heterocycles. The van der Waals surface area contributed by atoms with Gasteiger partial charge in [-0.05, 0) is 43.2 Å². The number of amides is 1. The predicted octanol–water partition coefficient (Wildman–Crippen LogP) is 3.31. The fourth-order valence-corrected chi connectivity index (χ4v) is 4.85. The van der Waals surface area contributed by atoms with E-state index in [0.717, 1.165) is 23.2 Å². The van der Waals surface area contributed by atoms with Crippen LogP contribution in [0.1, 0.15) is 12.8 Å². The van der Waals surface area contributed by atoms with Crippen LogP contribution in [0.15, 0.2) is 41.3 Å². The first kappa shape index (κ1) is 22.2. The molecule has 0 saturated carbocycles. The quantitative estimate of drug-likeness (QED) is 0.639. The first-order chi connectivity index (χ1) is 14.3. The van der Waals surface area contributed by atoms with Crippen molar-refractivity contribution < 1.29 is 27.1 Å². The van der Waals surface area contributed by atoms with Gasteiger partial charge in [-0.15, -0.1) is 0 Å². The SMILES string of the molecule is COc1ccc(S(=O)(=O)N(CC(=O)N2CCCC2)c2ccc(F)c(Cl)c2)cc1OC. The number of ether oxygens (including phenoxy) is 2. The number of carbonyl (C=O) groups is 1. The number of hydrogen-bond acceptors (Lipinski definition) is 5. The standard InChI is InChI=1S/C20H22ClFN2O5S/c1-28-18-8-6-15(12-19(18)29-2)30(26,27)24(13-20(25)23-9-3-4-10-23)14-5-7-17(22)16(21)11-14/h5-8,11-12H,3-4,9-10,13H2,1-2H3. The summed E-state index contributed by atoms with van der Waals surface area (Å²) in [5, 5.41) is -0.242. The van der Waals surface area contributed by atoms with Gasteiger partial charge in [-0.3, -0.25) is 9.10 Å². The summed E-state index contributed by atoms with van der Waals surface area (Å²) in [6.45, 7) is 0.721. The number of methoxy groups -OCH3 is 2. The van der Waals surface area contributed by atoms with E-state index in [0.29, 0.717) is 18.8 Å². The summed E-state index contributed by atoms with van der Waals surface area (Å²) < 4.78 is 51.9. The monoisotopic (exact) mass is 456 g/mol. The molecule has 2 aromatic carbocycles. The number of rotatable bonds is 7. The van der Waals surface area contributed by atoms with Crippen LogP contribution in [0.4, 0.5) is 10.1 Å². The van der Waals surface area contributed by atoms with E-state index in [1.807, 2.05) is 0 Å². The summed E-state index contributed by atoms with van der Waals surface area (Å²) in [4.78, 5) is 14.3. The molecule has 0 spiro atoms. The normalized spacial score (nSPS) is 13.9. The van der Waals surface area contributed by atoms with Crippen LogP contribution in [0.5, 0.6) is 11.5 Å². The lowest BCUT2D eigenvalue weighted by molar-refractivity contribution is -0.128. The maximum Gasteiger partial charge on any atom is 0.264 e. The predicted molar refractivity (Wildman–Crippen MR) is 111 cm³/mol. The highest BCUT2D eigenvalue weighted by Gasteiger charge is 2.31. The Labute approximate surface area is 180 Å². The lowest BCUT2D eigenvalue weighted by Crippen LogP contribution is -2.42. The summed E-state index contributed by atoms with van der Waals surface area (Å²) in [5.41, 5.74) is 0.0868. The molecule has 7 nitrogen and oxygen atoms in total. The van der Waals surface area contributed by atoms with Crippen LogP contribution in [-0.4, -0.2) is 53.1 Å². The molecular weight excluding hydrogens is 435 g/mol. The van der Waals surface area contributed by atoms with Crippen LogP contribution in [0, 0.1) is 5.82 Å². The van der Waals surface area contributed by atoms with Gasteiger partial charge in [-0.2, -0.15) is 0 Å². The topological polar surface area (TPSA) is 76.2 Å². The second kappa shape index (κ2) is 9.09. The zero-order valence-electron chi connectivity index (χ0n) is 16.6. The van der Waals surface area contributed by atoms with E-state index in [1.54, 1.807) is 4.90 Å². The van der Waals surface area contributed by atoms with Crippen molar-refractivity contribution in [2.45, 2.75) is 17.7 Å². The third-order valence-electron chi connectivity index (χ3n) is 4.87. The minimum Gasteiger partial charge on any atom is -0.493 e. The zero-order valence-corrected chi connectivity index (χ0v) is 18.2. The van der Waals surface area contributed by atoms with E-state index in [2.05, 4.69) is 0 Å². The molecule has 1 heterocycles. The molecule has 162 valence electrons. The van der Waals surface area contributed by atoms with Crippen molar-refractivity contribution >= 4 is 33.2 Å². The Morgan fingerprint density at radius 3 is 2.37 bits per heavy atom. The third-order valence-corrected chi connectivity index (χ3v) is 6.93. The highest BCUT2D eigenvalue weighted by molar-refractivity contribution is 7.92. The molecule has 0 radical (unpaired) electrons. The molecule has 2 aromatic rings. The summed E-state index contributed by atoms with van der Waals surface area (Å²) in [5.74, 6) is -0.436. The molecular formula is C20H22ClFN2O5S. The molecule has 0 aromatic heterocycles. The van der Waals surface area contributed by atoms with Crippen LogP contribution in [0.2, 0.25) is 5.02 Å². The Morgan fingerprint density at radius 2 is 1.77 bits per heavy atom. The number of benzene rings is 2. The van der Waals surface area contributed by atoms with E-state index >= 15 is 0 Å². The molecule has 1 aliphatic rings. The van der Waals surface area contributed by atoms with Gasteiger partial charge in [0.15, 0.2) is 11.5 Å². The largest absolute Gasteiger partial charge is 0.493 e. The maximum absolute atomic E-state index is 13.7. The number of hydrogen-bond donors (Lipinski definition) is 0. The van der Waals surface area contributed by atoms with Crippen molar-refractivity contribution in [3.05, 3.63) is 47.2 Å². The number of nitrogens with zero attached hydrogens (tertiary/aromatic N) is 2. The van der Waals surface area contributed by atoms with E-state index in [4.69, 9.17) is 21.1 Å². The Morgan fingerprint density at radius 1 is 1.10 bits per heavy atom. The van der Waals surface area contributed by atoms with Crippen LogP contribution in [0.3, 0.4) is 0 Å². The van der Waals surface area contributed by atoms with E-state index < -0.39 is 22.4 Å². The van der Waals surface area contributed by atoms with Gasteiger partial charge < -0.3 is 14.4 Å². The van der Waals surface area contributed by atoms with Crippen molar-refractivity contribution in [3.8, 4) is 11.5 Å². The van der Waals surface area contributed by atoms with Crippen molar-refractivity contribution in [1.29, 1.82) is 0 Å². The molecule has 3 rings (SSSR count). The first-order valence-electron chi connectivity index (χ1n) is 9.25. The molecule has 0 bridgehead atoms. The lowest BCUT2D eigenvalue weighted by atomic mass is 10.3. The van der Waals surface area contributed by atoms with Crippen molar-refractivity contribution in [2.75, 3.05) is 38.2 Å². The summed E-state index contributed by atoms with van der Waals surface area (Å²) >= 11 is 5.88. The molecule has 30 heavy (non-hydrogen) atoms. The lowest BCUT2D eigenvalue weighted by Gasteiger charge is -2.27. The van der Waals surface area contributed by atoms with Crippen LogP contribution in [0.25, 0.3) is 0 Å². The highest BCUT2D eigenvalue weighted by Crippen LogP contribution is 2.33. The van der Waals surface area contributed by atoms with Gasteiger partial charge in [-0.25, -0.2) is 12.8 Å². The minimum atomic E-state index is -4.20. The molecule has 1 fully saturated rings. The summed E-state index contributed by atoms with van der Waals surface area (Å²) in [7, 11) is -1.37. The molecule has 0 N–H and O–H groups in total. The van der Waals surface area contributed by atoms with Gasteiger partial charge in [-0.1, -0.05) is 11.6 Å². The van der Waals surface area contributed by atoms with Crippen molar-refractivity contribution in [2.24, 2.45) is 0 Å². The van der Waals surface area contributed by atoms with Crippen LogP contribution < -0.4 is 13.8 Å². The van der Waals surface area contributed by atoms with Gasteiger partial charge in [0.05, 0.1) is 29.8 Å². The number of sulfonamides is 1. The van der Waals surface area contributed by atoms with Gasteiger partial charge >= 0.3 is 0 Å². The average molecular weight is 457 g/mol. The maximum atomic E-state index is 13.7. The third kappa shape index (κ3) is 4.46. The average Bonchev–Trinajstić information content (AvgIpc) is 3.28. The molecule has 1 amide bonds. The number of halogens is 2. The second-order valence-corrected chi connectivity index (χ2v) is 8.98. The molecule has 1 aliphatic heterocycles. The molecule has 0 atom stereocenters. The Kier molecular flexibility index (Phi) is 6.72. The second-order valence-electron chi connectivity index (χ2n) is 6.71.